The molecular weight excluding hydrogens is 458 g/mol. The van der Waals surface area contributed by atoms with Gasteiger partial charge in [-0.3, -0.25) is 0 Å². The van der Waals surface area contributed by atoms with Gasteiger partial charge in [0.05, 0.1) is 4.88 Å². The normalized spacial score (nSPS) is 16.7. The number of carbonyl (C=O) groups is 1. The largest absolute Gasteiger partial charge is 0.479 e. The zero-order valence-electron chi connectivity index (χ0n) is 14.5. The Morgan fingerprint density at radius 2 is 1.68 bits per heavy atom. The van der Waals surface area contributed by atoms with Crippen molar-refractivity contribution >= 4 is 23.3 Å². The molecule has 0 amide bonds. The molecule has 1 aromatic carbocycles. The predicted octanol–water partition coefficient (Wildman–Crippen LogP) is 4.89. The maximum Gasteiger partial charge on any atom is 0.478 e. The molecule has 0 atom stereocenters. The topological polar surface area (TPSA) is 117 Å². The number of cyclic esters (lactones) is 1. The molecule has 162 valence electrons. The van der Waals surface area contributed by atoms with Gasteiger partial charge in [-0.25, -0.2) is 4.79 Å². The molecule has 1 N–H and O–H groups in total. The Hall–Kier alpha value is -3.67. The molecule has 0 saturated heterocycles. The molecule has 0 saturated carbocycles. The van der Waals surface area contributed by atoms with E-state index in [1.807, 2.05) is 0 Å². The van der Waals surface area contributed by atoms with Crippen molar-refractivity contribution in [3.8, 4) is 16.5 Å². The summed E-state index contributed by atoms with van der Waals surface area (Å²) in [5.41, 5.74) is -1.05. The zero-order valence-corrected chi connectivity index (χ0v) is 15.3. The monoisotopic (exact) mass is 464 g/mol. The Morgan fingerprint density at radius 3 is 2.19 bits per heavy atom. The fraction of sp³-hybridized carbons (Fsp3) is 0.188. The minimum atomic E-state index is -6.27. The van der Waals surface area contributed by atoms with Crippen LogP contribution < -0.4 is 0 Å². The number of hydrogen-bond acceptors (Lipinski definition) is 9. The Balaban J connectivity index is 1.98. The van der Waals surface area contributed by atoms with Crippen LogP contribution in [0.2, 0.25) is 0 Å². The molecule has 0 aliphatic carbocycles. The first-order chi connectivity index (χ1) is 14.4. The molecule has 0 spiro atoms. The molecule has 0 radical (unpaired) electrons. The number of aromatic nitrogens is 1. The van der Waals surface area contributed by atoms with Crippen LogP contribution in [0.15, 0.2) is 52.2 Å². The van der Waals surface area contributed by atoms with E-state index in [-0.39, 0.29) is 5.56 Å². The number of carbonyl (C=O) groups excluding carboxylic acids is 1. The van der Waals surface area contributed by atoms with E-state index in [4.69, 9.17) is 0 Å². The first-order valence-corrected chi connectivity index (χ1v) is 8.54. The number of aliphatic hydroxyl groups is 1. The van der Waals surface area contributed by atoms with Gasteiger partial charge in [-0.2, -0.15) is 36.0 Å². The van der Waals surface area contributed by atoms with Crippen LogP contribution in [0.5, 0.6) is 0 Å². The van der Waals surface area contributed by atoms with Crippen LogP contribution in [0.3, 0.4) is 0 Å². The van der Waals surface area contributed by atoms with E-state index in [1.54, 1.807) is 36.4 Å². The number of rotatable bonds is 3. The highest BCUT2D eigenvalue weighted by molar-refractivity contribution is 7.10. The second-order valence-corrected chi connectivity index (χ2v) is 6.42. The van der Waals surface area contributed by atoms with Crippen LogP contribution in [-0.4, -0.2) is 33.6 Å². The first-order valence-electron chi connectivity index (χ1n) is 7.77. The fourth-order valence-electron chi connectivity index (χ4n) is 2.28. The zero-order chi connectivity index (χ0) is 23.0. The van der Waals surface area contributed by atoms with Gasteiger partial charge in [0, 0.05) is 0 Å². The van der Waals surface area contributed by atoms with Crippen LogP contribution >= 0.6 is 11.5 Å². The first kappa shape index (κ1) is 22.0. The van der Waals surface area contributed by atoms with Crippen LogP contribution in [0.4, 0.5) is 32.2 Å². The number of nitrogens with zero attached hydrogens (tertiary/aromatic N) is 4. The van der Waals surface area contributed by atoms with Crippen molar-refractivity contribution in [1.82, 2.24) is 4.37 Å². The van der Waals surface area contributed by atoms with Gasteiger partial charge in [0.2, 0.25) is 5.82 Å². The van der Waals surface area contributed by atoms with E-state index in [0.29, 0.717) is 10.4 Å². The number of esters is 1. The third-order valence-electron chi connectivity index (χ3n) is 3.69. The van der Waals surface area contributed by atoms with Crippen LogP contribution in [0, 0.1) is 11.3 Å². The lowest BCUT2D eigenvalue weighted by Crippen LogP contribution is -2.63. The number of hydrogen-bond donors (Lipinski definition) is 1. The lowest BCUT2D eigenvalue weighted by Gasteiger charge is -2.37. The highest BCUT2D eigenvalue weighted by atomic mass is 32.1. The fourth-order valence-corrected chi connectivity index (χ4v) is 3.06. The molecule has 15 heteroatoms. The average molecular weight is 464 g/mol. The molecule has 2 aromatic rings. The van der Waals surface area contributed by atoms with E-state index >= 15 is 0 Å². The van der Waals surface area contributed by atoms with Crippen molar-refractivity contribution in [2.45, 2.75) is 18.1 Å². The molecule has 1 aromatic heterocycles. The minimum Gasteiger partial charge on any atom is -0.479 e. The van der Waals surface area contributed by atoms with Gasteiger partial charge >= 0.3 is 30.1 Å². The number of ether oxygens (including phenoxy) is 2. The Morgan fingerprint density at radius 1 is 1.06 bits per heavy atom. The lowest BCUT2D eigenvalue weighted by atomic mass is 10.1. The van der Waals surface area contributed by atoms with Crippen molar-refractivity contribution in [3.05, 3.63) is 47.5 Å². The van der Waals surface area contributed by atoms with E-state index in [2.05, 4.69) is 24.1 Å². The summed E-state index contributed by atoms with van der Waals surface area (Å²) in [4.78, 5) is 12.1. The SMILES string of the molecule is N#Cc1c(N=NC2=C(O)OC(C(F)(F)F)(C(F)(F)F)OC2=O)nsc1-c1ccccc1. The quantitative estimate of drug-likeness (QED) is 0.393. The van der Waals surface area contributed by atoms with E-state index in [1.165, 1.54) is 0 Å². The number of alkyl halides is 6. The third-order valence-corrected chi connectivity index (χ3v) is 4.57. The van der Waals surface area contributed by atoms with Crippen molar-refractivity contribution in [2.24, 2.45) is 10.2 Å². The van der Waals surface area contributed by atoms with E-state index < -0.39 is 41.6 Å². The summed E-state index contributed by atoms with van der Waals surface area (Å²) < 4.78 is 88.3. The van der Waals surface area contributed by atoms with Crippen LogP contribution in [0.25, 0.3) is 10.4 Å². The Kier molecular flexibility index (Phi) is 5.36. The van der Waals surface area contributed by atoms with Crippen molar-refractivity contribution < 1.29 is 45.7 Å². The number of halogens is 6. The molecule has 1 aliphatic heterocycles. The van der Waals surface area contributed by atoms with E-state index in [9.17, 15) is 41.5 Å². The van der Waals surface area contributed by atoms with Gasteiger partial charge in [-0.05, 0) is 17.1 Å². The number of nitriles is 1. The lowest BCUT2D eigenvalue weighted by molar-refractivity contribution is -0.456. The third kappa shape index (κ3) is 3.77. The van der Waals surface area contributed by atoms with Gasteiger partial charge < -0.3 is 14.6 Å². The van der Waals surface area contributed by atoms with Gasteiger partial charge in [0.15, 0.2) is 0 Å². The summed E-state index contributed by atoms with van der Waals surface area (Å²) in [6.07, 6.45) is -12.5. The molecule has 1 aliphatic rings. The summed E-state index contributed by atoms with van der Waals surface area (Å²) in [7, 11) is 0. The van der Waals surface area contributed by atoms with Crippen molar-refractivity contribution in [2.75, 3.05) is 0 Å². The summed E-state index contributed by atoms with van der Waals surface area (Å²) >= 11 is 0.799. The van der Waals surface area contributed by atoms with Crippen LogP contribution in [-0.2, 0) is 14.3 Å². The van der Waals surface area contributed by atoms with Crippen LogP contribution in [0.1, 0.15) is 5.56 Å². The molecule has 0 unspecified atom stereocenters. The number of azo groups is 1. The van der Waals surface area contributed by atoms with Gasteiger partial charge in [-0.1, -0.05) is 30.3 Å². The number of aliphatic hydroxyl groups excluding tert-OH is 1. The summed E-state index contributed by atoms with van der Waals surface area (Å²) in [5, 5.41) is 25.3. The highest BCUT2D eigenvalue weighted by Crippen LogP contribution is 2.50. The minimum absolute atomic E-state index is 0.134. The second kappa shape index (κ2) is 7.54. The number of benzene rings is 1. The second-order valence-electron chi connectivity index (χ2n) is 5.65. The standard InChI is InChI=1S/C16H6F6N4O4S/c17-15(18,19)14(16(20,21)22)29-12(27)9(13(28)30-14)24-25-11-8(6-23)10(31-26-11)7-4-2-1-3-5-7/h1-5,27H. The predicted molar refractivity (Wildman–Crippen MR) is 88.5 cm³/mol. The van der Waals surface area contributed by atoms with Gasteiger partial charge in [0.25, 0.3) is 5.70 Å². The highest BCUT2D eigenvalue weighted by Gasteiger charge is 2.80. The maximum absolute atomic E-state index is 12.9. The molecule has 31 heavy (non-hydrogen) atoms. The Bertz CT molecular complexity index is 1100. The summed E-state index contributed by atoms with van der Waals surface area (Å²) in [5.74, 6) is -10.2. The Labute approximate surface area is 171 Å². The van der Waals surface area contributed by atoms with Gasteiger partial charge in [-0.15, -0.1) is 10.2 Å². The smallest absolute Gasteiger partial charge is 0.478 e. The van der Waals surface area contributed by atoms with Gasteiger partial charge in [0.1, 0.15) is 11.6 Å². The molecule has 2 heterocycles. The van der Waals surface area contributed by atoms with E-state index in [0.717, 1.165) is 11.5 Å². The summed E-state index contributed by atoms with van der Waals surface area (Å²) in [6.45, 7) is 0. The molecule has 0 fully saturated rings. The van der Waals surface area contributed by atoms with Crippen molar-refractivity contribution in [1.29, 1.82) is 5.26 Å². The van der Waals surface area contributed by atoms with Crippen molar-refractivity contribution in [3.63, 3.8) is 0 Å². The average Bonchev–Trinajstić information content (AvgIpc) is 3.09. The molecular formula is C16H6F6N4O4S. The molecule has 0 bridgehead atoms. The summed E-state index contributed by atoms with van der Waals surface area (Å²) in [6, 6.07) is 10.1. The maximum atomic E-state index is 12.9. The molecule has 8 nitrogen and oxygen atoms in total. The molecule has 3 rings (SSSR count).